The van der Waals surface area contributed by atoms with E-state index in [1.807, 2.05) is 32.0 Å². The van der Waals surface area contributed by atoms with Crippen LogP contribution in [0.4, 0.5) is 5.69 Å². The molecule has 0 unspecified atom stereocenters. The van der Waals surface area contributed by atoms with E-state index in [0.29, 0.717) is 25.9 Å². The summed E-state index contributed by atoms with van der Waals surface area (Å²) in [6.45, 7) is 4.90. The lowest BCUT2D eigenvalue weighted by molar-refractivity contribution is -0.118. The van der Waals surface area contributed by atoms with E-state index >= 15 is 0 Å². The van der Waals surface area contributed by atoms with Gasteiger partial charge in [-0.3, -0.25) is 4.79 Å². The summed E-state index contributed by atoms with van der Waals surface area (Å²) in [6.07, 6.45) is 2.78. The number of hydrogen-bond donors (Lipinski definition) is 1. The van der Waals surface area contributed by atoms with Gasteiger partial charge in [0.25, 0.3) is 0 Å². The number of unbranched alkanes of at least 4 members (excludes halogenated alkanes) is 1. The van der Waals surface area contributed by atoms with Crippen molar-refractivity contribution in [2.45, 2.75) is 46.1 Å². The van der Waals surface area contributed by atoms with Gasteiger partial charge in [0.05, 0.1) is 5.75 Å². The maximum atomic E-state index is 11.9. The molecule has 22 heavy (non-hydrogen) atoms. The van der Waals surface area contributed by atoms with Crippen LogP contribution in [0.3, 0.4) is 0 Å². The maximum absolute atomic E-state index is 11.9. The summed E-state index contributed by atoms with van der Waals surface area (Å²) in [4.78, 5) is 13.7. The Morgan fingerprint density at radius 1 is 1.23 bits per heavy atom. The van der Waals surface area contributed by atoms with E-state index in [1.54, 1.807) is 4.90 Å². The third-order valence-corrected chi connectivity index (χ3v) is 5.33. The van der Waals surface area contributed by atoms with Crippen LogP contribution in [0, 0.1) is 0 Å². The molecule has 1 N–H and O–H groups in total. The van der Waals surface area contributed by atoms with Gasteiger partial charge in [-0.1, -0.05) is 25.5 Å². The normalized spacial score (nSPS) is 15.0. The first-order valence-electron chi connectivity index (χ1n) is 7.86. The molecule has 6 heteroatoms. The fourth-order valence-electron chi connectivity index (χ4n) is 2.67. The van der Waals surface area contributed by atoms with E-state index < -0.39 is 10.0 Å². The van der Waals surface area contributed by atoms with Crippen molar-refractivity contribution in [3.63, 3.8) is 0 Å². The number of fused-ring (bicyclic) bond motifs is 1. The van der Waals surface area contributed by atoms with Crippen LogP contribution in [-0.2, 0) is 27.8 Å². The number of sulfonamides is 1. The molecule has 1 heterocycles. The van der Waals surface area contributed by atoms with E-state index in [1.165, 1.54) is 0 Å². The Hall–Kier alpha value is -1.40. The first kappa shape index (κ1) is 17.0. The molecule has 0 saturated carbocycles. The second-order valence-corrected chi connectivity index (χ2v) is 7.52. The second kappa shape index (κ2) is 7.24. The van der Waals surface area contributed by atoms with Gasteiger partial charge >= 0.3 is 0 Å². The van der Waals surface area contributed by atoms with Crippen LogP contribution in [0.25, 0.3) is 0 Å². The van der Waals surface area contributed by atoms with Crippen molar-refractivity contribution in [1.29, 1.82) is 0 Å². The summed E-state index contributed by atoms with van der Waals surface area (Å²) in [6, 6.07) is 5.82. The summed E-state index contributed by atoms with van der Waals surface area (Å²) < 4.78 is 26.3. The predicted molar refractivity (Wildman–Crippen MR) is 88.3 cm³/mol. The molecule has 1 aromatic carbocycles. The van der Waals surface area contributed by atoms with Gasteiger partial charge in [0.15, 0.2) is 0 Å². The van der Waals surface area contributed by atoms with Gasteiger partial charge in [0, 0.05) is 25.2 Å². The molecule has 0 fully saturated rings. The largest absolute Gasteiger partial charge is 0.312 e. The van der Waals surface area contributed by atoms with Gasteiger partial charge < -0.3 is 4.90 Å². The number of nitrogens with one attached hydrogen (secondary N) is 1. The Kier molecular flexibility index (Phi) is 5.58. The summed E-state index contributed by atoms with van der Waals surface area (Å²) in [7, 11) is -3.20. The van der Waals surface area contributed by atoms with Crippen molar-refractivity contribution in [1.82, 2.24) is 4.72 Å². The van der Waals surface area contributed by atoms with Gasteiger partial charge in [-0.05, 0) is 37.0 Å². The minimum absolute atomic E-state index is 0.156. The van der Waals surface area contributed by atoms with E-state index in [9.17, 15) is 13.2 Å². The zero-order valence-corrected chi connectivity index (χ0v) is 14.1. The van der Waals surface area contributed by atoms with Crippen molar-refractivity contribution in [3.8, 4) is 0 Å². The quantitative estimate of drug-likeness (QED) is 0.836. The molecule has 1 aromatic rings. The van der Waals surface area contributed by atoms with Crippen LogP contribution < -0.4 is 9.62 Å². The molecule has 0 aromatic heterocycles. The molecule has 0 atom stereocenters. The smallest absolute Gasteiger partial charge is 0.227 e. The highest BCUT2D eigenvalue weighted by Crippen LogP contribution is 2.28. The Labute approximate surface area is 132 Å². The lowest BCUT2D eigenvalue weighted by Gasteiger charge is -2.28. The zero-order chi connectivity index (χ0) is 16.2. The molecule has 5 nitrogen and oxygen atoms in total. The van der Waals surface area contributed by atoms with Crippen molar-refractivity contribution in [3.05, 3.63) is 29.3 Å². The number of anilines is 1. The maximum Gasteiger partial charge on any atom is 0.227 e. The molecule has 2 rings (SSSR count). The minimum Gasteiger partial charge on any atom is -0.312 e. The number of carbonyl (C=O) groups excluding carboxylic acids is 1. The van der Waals surface area contributed by atoms with Crippen molar-refractivity contribution in [2.24, 2.45) is 0 Å². The molecule has 0 radical (unpaired) electrons. The third kappa shape index (κ3) is 4.08. The molecule has 1 amide bonds. The predicted octanol–water partition coefficient (Wildman–Crippen LogP) is 2.21. The number of benzene rings is 1. The van der Waals surface area contributed by atoms with E-state index in [2.05, 4.69) is 4.72 Å². The van der Waals surface area contributed by atoms with Crippen molar-refractivity contribution < 1.29 is 13.2 Å². The lowest BCUT2D eigenvalue weighted by Crippen LogP contribution is -2.34. The van der Waals surface area contributed by atoms with Crippen LogP contribution in [0.5, 0.6) is 0 Å². The van der Waals surface area contributed by atoms with Crippen LogP contribution in [0.1, 0.15) is 44.2 Å². The number of aryl methyl sites for hydroxylation is 1. The summed E-state index contributed by atoms with van der Waals surface area (Å²) in [5.74, 6) is 0.329. The Balaban J connectivity index is 2.07. The SMILES string of the molecule is CCCCS(=O)(=O)NCc1ccc2c(c1)CCC(=O)N2CC. The van der Waals surface area contributed by atoms with Gasteiger partial charge in [-0.15, -0.1) is 0 Å². The average Bonchev–Trinajstić information content (AvgIpc) is 2.51. The van der Waals surface area contributed by atoms with Gasteiger partial charge in [0.2, 0.25) is 15.9 Å². The first-order chi connectivity index (χ1) is 10.5. The second-order valence-electron chi connectivity index (χ2n) is 5.59. The van der Waals surface area contributed by atoms with E-state index in [-0.39, 0.29) is 11.7 Å². The summed E-state index contributed by atoms with van der Waals surface area (Å²) >= 11 is 0. The van der Waals surface area contributed by atoms with Crippen molar-refractivity contribution in [2.75, 3.05) is 17.2 Å². The molecular weight excluding hydrogens is 300 g/mol. The summed E-state index contributed by atoms with van der Waals surface area (Å²) in [5.41, 5.74) is 3.01. The first-order valence-corrected chi connectivity index (χ1v) is 9.51. The number of rotatable bonds is 7. The van der Waals surface area contributed by atoms with Crippen LogP contribution in [-0.4, -0.2) is 26.6 Å². The average molecular weight is 324 g/mol. The fourth-order valence-corrected chi connectivity index (χ4v) is 3.87. The topological polar surface area (TPSA) is 66.5 Å². The number of carbonyl (C=O) groups is 1. The Bertz CT molecular complexity index is 641. The molecule has 0 bridgehead atoms. The van der Waals surface area contributed by atoms with E-state index in [4.69, 9.17) is 0 Å². The molecule has 1 aliphatic heterocycles. The molecule has 0 aliphatic carbocycles. The Morgan fingerprint density at radius 2 is 2.00 bits per heavy atom. The molecule has 0 saturated heterocycles. The van der Waals surface area contributed by atoms with E-state index in [0.717, 1.165) is 29.7 Å². The van der Waals surface area contributed by atoms with Gasteiger partial charge in [-0.2, -0.15) is 0 Å². The minimum atomic E-state index is -3.20. The zero-order valence-electron chi connectivity index (χ0n) is 13.3. The number of amides is 1. The molecular formula is C16H24N2O3S. The monoisotopic (exact) mass is 324 g/mol. The molecule has 1 aliphatic rings. The Morgan fingerprint density at radius 3 is 2.68 bits per heavy atom. The lowest BCUT2D eigenvalue weighted by atomic mass is 9.99. The highest BCUT2D eigenvalue weighted by molar-refractivity contribution is 7.89. The van der Waals surface area contributed by atoms with Gasteiger partial charge in [-0.25, -0.2) is 13.1 Å². The molecule has 0 spiro atoms. The van der Waals surface area contributed by atoms with Crippen LogP contribution >= 0.6 is 0 Å². The molecule has 122 valence electrons. The summed E-state index contributed by atoms with van der Waals surface area (Å²) in [5, 5.41) is 0. The van der Waals surface area contributed by atoms with Crippen molar-refractivity contribution >= 4 is 21.6 Å². The third-order valence-electron chi connectivity index (χ3n) is 3.92. The van der Waals surface area contributed by atoms with Crippen LogP contribution in [0.2, 0.25) is 0 Å². The highest BCUT2D eigenvalue weighted by Gasteiger charge is 2.22. The van der Waals surface area contributed by atoms with Gasteiger partial charge in [0.1, 0.15) is 0 Å². The fraction of sp³-hybridized carbons (Fsp3) is 0.562. The van der Waals surface area contributed by atoms with Crippen LogP contribution in [0.15, 0.2) is 18.2 Å². The highest BCUT2D eigenvalue weighted by atomic mass is 32.2. The number of hydrogen-bond acceptors (Lipinski definition) is 3. The standard InChI is InChI=1S/C16H24N2O3S/c1-3-5-10-22(20,21)17-12-13-6-8-15-14(11-13)7-9-16(19)18(15)4-2/h6,8,11,17H,3-5,7,9-10,12H2,1-2H3. The number of nitrogens with zero attached hydrogens (tertiary/aromatic N) is 1.